The van der Waals surface area contributed by atoms with Crippen LogP contribution in [-0.2, 0) is 14.3 Å². The van der Waals surface area contributed by atoms with E-state index < -0.39 is 11.9 Å². The highest BCUT2D eigenvalue weighted by Crippen LogP contribution is 2.19. The predicted molar refractivity (Wildman–Crippen MR) is 83.1 cm³/mol. The van der Waals surface area contributed by atoms with Crippen molar-refractivity contribution in [3.63, 3.8) is 0 Å². The monoisotopic (exact) mass is 308 g/mol. The lowest BCUT2D eigenvalue weighted by atomic mass is 10.0. The molecule has 1 atom stereocenters. The van der Waals surface area contributed by atoms with Crippen LogP contribution in [0.2, 0.25) is 0 Å². The van der Waals surface area contributed by atoms with Crippen LogP contribution in [0.4, 0.5) is 0 Å². The second-order valence-electron chi connectivity index (χ2n) is 5.19. The minimum atomic E-state index is -0.761. The highest BCUT2D eigenvalue weighted by Gasteiger charge is 2.24. The first-order valence-electron chi connectivity index (χ1n) is 7.50. The minimum absolute atomic E-state index is 0.118. The largest absolute Gasteiger partial charge is 0.494 e. The van der Waals surface area contributed by atoms with Crippen LogP contribution < -0.4 is 9.47 Å². The van der Waals surface area contributed by atoms with Crippen LogP contribution in [0.15, 0.2) is 24.3 Å². The van der Waals surface area contributed by atoms with E-state index in [1.54, 1.807) is 19.1 Å². The Morgan fingerprint density at radius 3 is 2.18 bits per heavy atom. The molecule has 1 rings (SSSR count). The molecule has 0 saturated carbocycles. The van der Waals surface area contributed by atoms with Crippen LogP contribution in [-0.4, -0.2) is 31.1 Å². The normalized spacial score (nSPS) is 11.9. The number of hydrogen-bond donors (Lipinski definition) is 0. The van der Waals surface area contributed by atoms with Crippen molar-refractivity contribution in [2.45, 2.75) is 40.2 Å². The minimum Gasteiger partial charge on any atom is -0.494 e. The van der Waals surface area contributed by atoms with Crippen LogP contribution in [0.3, 0.4) is 0 Å². The Morgan fingerprint density at radius 2 is 1.68 bits per heavy atom. The molecule has 0 aliphatic heterocycles. The van der Waals surface area contributed by atoms with Gasteiger partial charge in [0.2, 0.25) is 0 Å². The van der Waals surface area contributed by atoms with Gasteiger partial charge in [0.05, 0.1) is 19.3 Å². The van der Waals surface area contributed by atoms with E-state index in [4.69, 9.17) is 14.2 Å². The van der Waals surface area contributed by atoms with Crippen molar-refractivity contribution in [2.75, 3.05) is 13.2 Å². The molecular weight excluding hydrogens is 284 g/mol. The number of carbonyl (C=O) groups is 2. The number of hydrogen-bond acceptors (Lipinski definition) is 5. The molecule has 0 aromatic heterocycles. The van der Waals surface area contributed by atoms with Gasteiger partial charge in [0, 0.05) is 6.42 Å². The molecular formula is C17H24O5. The third kappa shape index (κ3) is 6.16. The Kier molecular flexibility index (Phi) is 7.43. The molecule has 0 bridgehead atoms. The predicted octanol–water partition coefficient (Wildman–Crippen LogP) is 3.01. The molecule has 5 nitrogen and oxygen atoms in total. The fourth-order valence-electron chi connectivity index (χ4n) is 1.91. The summed E-state index contributed by atoms with van der Waals surface area (Å²) in [6, 6.07) is 7.24. The van der Waals surface area contributed by atoms with Gasteiger partial charge in [0.1, 0.15) is 23.2 Å². The van der Waals surface area contributed by atoms with Gasteiger partial charge < -0.3 is 14.2 Å². The summed E-state index contributed by atoms with van der Waals surface area (Å²) in [7, 11) is 0. The smallest absolute Gasteiger partial charge is 0.316 e. The Balaban J connectivity index is 2.48. The SMILES string of the molecule is CCOC(=O)C(CCOc1ccc(OC(C)C)cc1)C(C)=O. The molecule has 0 saturated heterocycles. The lowest BCUT2D eigenvalue weighted by Crippen LogP contribution is -2.26. The van der Waals surface area contributed by atoms with Crippen molar-refractivity contribution in [3.8, 4) is 11.5 Å². The van der Waals surface area contributed by atoms with E-state index in [1.807, 2.05) is 26.0 Å². The first-order valence-corrected chi connectivity index (χ1v) is 7.50. The van der Waals surface area contributed by atoms with E-state index in [1.165, 1.54) is 6.92 Å². The summed E-state index contributed by atoms with van der Waals surface area (Å²) in [6.45, 7) is 7.56. The first kappa shape index (κ1) is 18.0. The molecule has 1 unspecified atom stereocenters. The summed E-state index contributed by atoms with van der Waals surface area (Å²) >= 11 is 0. The highest BCUT2D eigenvalue weighted by molar-refractivity contribution is 5.97. The van der Waals surface area contributed by atoms with E-state index in [-0.39, 0.29) is 25.1 Å². The van der Waals surface area contributed by atoms with E-state index in [0.29, 0.717) is 12.2 Å². The third-order valence-corrected chi connectivity index (χ3v) is 2.93. The third-order valence-electron chi connectivity index (χ3n) is 2.93. The number of esters is 1. The van der Waals surface area contributed by atoms with Gasteiger partial charge in [0.15, 0.2) is 0 Å². The van der Waals surface area contributed by atoms with Gasteiger partial charge in [0.25, 0.3) is 0 Å². The van der Waals surface area contributed by atoms with Gasteiger partial charge in [-0.3, -0.25) is 9.59 Å². The average molecular weight is 308 g/mol. The molecule has 0 fully saturated rings. The maximum Gasteiger partial charge on any atom is 0.316 e. The van der Waals surface area contributed by atoms with Crippen LogP contribution >= 0.6 is 0 Å². The summed E-state index contributed by atoms with van der Waals surface area (Å²) in [5.41, 5.74) is 0. The summed E-state index contributed by atoms with van der Waals surface area (Å²) in [4.78, 5) is 23.1. The topological polar surface area (TPSA) is 61.8 Å². The van der Waals surface area contributed by atoms with Crippen molar-refractivity contribution in [1.29, 1.82) is 0 Å². The van der Waals surface area contributed by atoms with Gasteiger partial charge in [-0.2, -0.15) is 0 Å². The molecule has 0 spiro atoms. The Labute approximate surface area is 131 Å². The van der Waals surface area contributed by atoms with Gasteiger partial charge in [-0.1, -0.05) is 0 Å². The fourth-order valence-corrected chi connectivity index (χ4v) is 1.91. The summed E-state index contributed by atoms with van der Waals surface area (Å²) in [6.07, 6.45) is 0.422. The molecule has 5 heteroatoms. The Morgan fingerprint density at radius 1 is 1.09 bits per heavy atom. The van der Waals surface area contributed by atoms with Gasteiger partial charge in [-0.25, -0.2) is 0 Å². The maximum atomic E-state index is 11.7. The number of carbonyl (C=O) groups excluding carboxylic acids is 2. The molecule has 22 heavy (non-hydrogen) atoms. The Hall–Kier alpha value is -2.04. The number of benzene rings is 1. The molecule has 0 radical (unpaired) electrons. The van der Waals surface area contributed by atoms with Crippen LogP contribution in [0.1, 0.15) is 34.1 Å². The molecule has 0 N–H and O–H groups in total. The summed E-state index contributed by atoms with van der Waals surface area (Å²) in [5.74, 6) is -0.0109. The van der Waals surface area contributed by atoms with Gasteiger partial charge in [-0.05, 0) is 52.0 Å². The average Bonchev–Trinajstić information content (AvgIpc) is 2.44. The zero-order valence-corrected chi connectivity index (χ0v) is 13.6. The van der Waals surface area contributed by atoms with Crippen LogP contribution in [0, 0.1) is 5.92 Å². The summed E-state index contributed by atoms with van der Waals surface area (Å²) in [5, 5.41) is 0. The van der Waals surface area contributed by atoms with Crippen molar-refractivity contribution >= 4 is 11.8 Å². The standard InChI is InChI=1S/C17H24O5/c1-5-20-17(19)16(13(4)18)10-11-21-14-6-8-15(9-7-14)22-12(2)3/h6-9,12,16H,5,10-11H2,1-4H3. The second kappa shape index (κ2) is 9.07. The number of ketones is 1. The van der Waals surface area contributed by atoms with Gasteiger partial charge >= 0.3 is 5.97 Å². The van der Waals surface area contributed by atoms with Gasteiger partial charge in [-0.15, -0.1) is 0 Å². The molecule has 0 aliphatic carbocycles. The lowest BCUT2D eigenvalue weighted by Gasteiger charge is -2.14. The van der Waals surface area contributed by atoms with Crippen molar-refractivity contribution in [1.82, 2.24) is 0 Å². The second-order valence-corrected chi connectivity index (χ2v) is 5.19. The van der Waals surface area contributed by atoms with Crippen molar-refractivity contribution < 1.29 is 23.8 Å². The zero-order chi connectivity index (χ0) is 16.5. The molecule has 1 aromatic rings. The molecule has 0 aliphatic rings. The maximum absolute atomic E-state index is 11.7. The number of ether oxygens (including phenoxy) is 3. The van der Waals surface area contributed by atoms with Crippen LogP contribution in [0.25, 0.3) is 0 Å². The van der Waals surface area contributed by atoms with E-state index >= 15 is 0 Å². The molecule has 122 valence electrons. The van der Waals surface area contributed by atoms with E-state index in [0.717, 1.165) is 5.75 Å². The number of Topliss-reactive ketones (excluding diaryl/α,β-unsaturated/α-hetero) is 1. The highest BCUT2D eigenvalue weighted by atomic mass is 16.5. The van der Waals surface area contributed by atoms with E-state index in [9.17, 15) is 9.59 Å². The quantitative estimate of drug-likeness (QED) is 0.518. The molecule has 0 heterocycles. The van der Waals surface area contributed by atoms with Crippen molar-refractivity contribution in [2.24, 2.45) is 5.92 Å². The summed E-state index contributed by atoms with van der Waals surface area (Å²) < 4.78 is 16.0. The molecule has 1 aromatic carbocycles. The zero-order valence-electron chi connectivity index (χ0n) is 13.6. The Bertz CT molecular complexity index is 478. The van der Waals surface area contributed by atoms with Crippen LogP contribution in [0.5, 0.6) is 11.5 Å². The van der Waals surface area contributed by atoms with E-state index in [2.05, 4.69) is 0 Å². The number of rotatable bonds is 9. The fraction of sp³-hybridized carbons (Fsp3) is 0.529. The van der Waals surface area contributed by atoms with Crippen molar-refractivity contribution in [3.05, 3.63) is 24.3 Å². The first-order chi connectivity index (χ1) is 10.4. The molecule has 0 amide bonds. The lowest BCUT2D eigenvalue weighted by molar-refractivity contribution is -0.151.